The van der Waals surface area contributed by atoms with Gasteiger partial charge in [0, 0.05) is 22.5 Å². The molecule has 1 aliphatic rings. The van der Waals surface area contributed by atoms with Gasteiger partial charge in [-0.15, -0.1) is 5.10 Å². The zero-order valence-electron chi connectivity index (χ0n) is 19.9. The Kier molecular flexibility index (Phi) is 5.55. The second kappa shape index (κ2) is 8.60. The van der Waals surface area contributed by atoms with E-state index in [1.165, 1.54) is 6.07 Å². The fraction of sp³-hybridized carbons (Fsp3) is 0.222. The lowest BCUT2D eigenvalue weighted by Gasteiger charge is -2.37. The topological polar surface area (TPSA) is 134 Å². The van der Waals surface area contributed by atoms with Gasteiger partial charge in [0.05, 0.1) is 11.0 Å². The maximum Gasteiger partial charge on any atom is 0.273 e. The normalized spacial score (nSPS) is 13.9. The van der Waals surface area contributed by atoms with Crippen LogP contribution in [-0.2, 0) is 16.8 Å². The van der Waals surface area contributed by atoms with E-state index in [0.29, 0.717) is 23.1 Å². The van der Waals surface area contributed by atoms with Crippen molar-refractivity contribution in [1.29, 1.82) is 0 Å². The van der Waals surface area contributed by atoms with Gasteiger partial charge in [-0.05, 0) is 29.7 Å². The Balaban J connectivity index is 1.49. The Hall–Kier alpha value is -4.53. The van der Waals surface area contributed by atoms with Crippen molar-refractivity contribution in [2.45, 2.75) is 32.2 Å². The van der Waals surface area contributed by atoms with Gasteiger partial charge in [0.25, 0.3) is 5.54 Å². The van der Waals surface area contributed by atoms with Crippen molar-refractivity contribution in [3.05, 3.63) is 105 Å². The monoisotopic (exact) mass is 483 g/mol. The summed E-state index contributed by atoms with van der Waals surface area (Å²) in [6, 6.07) is 21.4. The number of anilines is 1. The number of hydrogen-bond acceptors (Lipinski definition) is 6. The zero-order chi connectivity index (χ0) is 25.5. The number of aromatic hydroxyl groups is 1. The van der Waals surface area contributed by atoms with Crippen LogP contribution < -0.4 is 5.32 Å². The number of phenols is 1. The summed E-state index contributed by atoms with van der Waals surface area (Å²) in [5.41, 5.74) is 0.652. The van der Waals surface area contributed by atoms with Gasteiger partial charge >= 0.3 is 0 Å². The van der Waals surface area contributed by atoms with Crippen LogP contribution in [0.25, 0.3) is 11.4 Å². The minimum Gasteiger partial charge on any atom is -0.507 e. The SMILES string of the molecule is CC(C)(CC1([N+](=O)[O-])c2ccccc2Cc2ccccc21)C(=O)Nc1n[nH]c(-c2ccccc2O)n1. The van der Waals surface area contributed by atoms with E-state index in [4.69, 9.17) is 0 Å². The summed E-state index contributed by atoms with van der Waals surface area (Å²) in [5, 5.41) is 32.4. The predicted octanol–water partition coefficient (Wildman–Crippen LogP) is 4.66. The number of carbonyl (C=O) groups excluding carboxylic acids is 1. The van der Waals surface area contributed by atoms with Crippen molar-refractivity contribution in [3.63, 3.8) is 0 Å². The van der Waals surface area contributed by atoms with Crippen molar-refractivity contribution < 1.29 is 14.8 Å². The largest absolute Gasteiger partial charge is 0.507 e. The number of benzene rings is 3. The molecular weight excluding hydrogens is 458 g/mol. The first-order chi connectivity index (χ1) is 17.2. The van der Waals surface area contributed by atoms with Crippen LogP contribution in [0.3, 0.4) is 0 Å². The first kappa shape index (κ1) is 23.2. The maximum absolute atomic E-state index is 13.4. The molecule has 0 aliphatic heterocycles. The smallest absolute Gasteiger partial charge is 0.273 e. The molecule has 36 heavy (non-hydrogen) atoms. The van der Waals surface area contributed by atoms with Gasteiger partial charge in [-0.25, -0.2) is 0 Å². The van der Waals surface area contributed by atoms with Crippen LogP contribution in [0.5, 0.6) is 5.75 Å². The number of amides is 1. The molecule has 4 aromatic rings. The third-order valence-electron chi connectivity index (χ3n) is 6.80. The molecule has 0 saturated heterocycles. The third-order valence-corrected chi connectivity index (χ3v) is 6.80. The standard InChI is InChI=1S/C27H25N5O4/c1-26(2,24(34)29-25-28-23(30-31-25)19-11-5-8-14-22(19)33)16-27(32(35)36)20-12-6-3-9-17(20)15-18-10-4-7-13-21(18)27/h3-14,33H,15-16H2,1-2H3,(H2,28,29,30,31,34). The van der Waals surface area contributed by atoms with Gasteiger partial charge in [0.15, 0.2) is 5.82 Å². The van der Waals surface area contributed by atoms with Crippen LogP contribution in [0.2, 0.25) is 0 Å². The highest BCUT2D eigenvalue weighted by Crippen LogP contribution is 2.48. The Labute approximate surface area is 207 Å². The van der Waals surface area contributed by atoms with Gasteiger partial charge in [-0.1, -0.05) is 74.5 Å². The predicted molar refractivity (Wildman–Crippen MR) is 134 cm³/mol. The molecule has 0 saturated carbocycles. The zero-order valence-corrected chi connectivity index (χ0v) is 19.9. The van der Waals surface area contributed by atoms with Crippen LogP contribution in [0.4, 0.5) is 5.95 Å². The quantitative estimate of drug-likeness (QED) is 0.270. The van der Waals surface area contributed by atoms with Crippen LogP contribution in [-0.4, -0.2) is 31.1 Å². The minimum absolute atomic E-state index is 0.0194. The van der Waals surface area contributed by atoms with Gasteiger partial charge in [0.2, 0.25) is 11.9 Å². The third kappa shape index (κ3) is 3.78. The lowest BCUT2D eigenvalue weighted by atomic mass is 9.65. The van der Waals surface area contributed by atoms with Crippen LogP contribution >= 0.6 is 0 Å². The highest BCUT2D eigenvalue weighted by atomic mass is 16.6. The number of aromatic amines is 1. The molecule has 1 aliphatic carbocycles. The molecule has 5 rings (SSSR count). The molecular formula is C27H25N5O4. The van der Waals surface area contributed by atoms with E-state index in [9.17, 15) is 20.0 Å². The maximum atomic E-state index is 13.4. The van der Waals surface area contributed by atoms with Gasteiger partial charge in [0.1, 0.15) is 5.75 Å². The molecule has 182 valence electrons. The number of fused-ring (bicyclic) bond motifs is 2. The molecule has 1 amide bonds. The van der Waals surface area contributed by atoms with Crippen molar-refractivity contribution in [2.24, 2.45) is 5.41 Å². The van der Waals surface area contributed by atoms with E-state index in [0.717, 1.165) is 11.1 Å². The molecule has 1 heterocycles. The number of H-pyrrole nitrogens is 1. The summed E-state index contributed by atoms with van der Waals surface area (Å²) in [4.78, 5) is 30.3. The summed E-state index contributed by atoms with van der Waals surface area (Å²) < 4.78 is 0. The molecule has 0 unspecified atom stereocenters. The fourth-order valence-corrected chi connectivity index (χ4v) is 5.06. The van der Waals surface area contributed by atoms with Crippen molar-refractivity contribution in [2.75, 3.05) is 5.32 Å². The van der Waals surface area contributed by atoms with Gasteiger partial charge in [-0.3, -0.25) is 25.3 Å². The van der Waals surface area contributed by atoms with Crippen LogP contribution in [0, 0.1) is 15.5 Å². The van der Waals surface area contributed by atoms with Gasteiger partial charge < -0.3 is 5.11 Å². The molecule has 0 radical (unpaired) electrons. The van der Waals surface area contributed by atoms with E-state index in [1.807, 2.05) is 24.3 Å². The van der Waals surface area contributed by atoms with E-state index in [2.05, 4.69) is 20.5 Å². The number of nitrogens with one attached hydrogen (secondary N) is 2. The van der Waals surface area contributed by atoms with E-state index >= 15 is 0 Å². The van der Waals surface area contributed by atoms with Gasteiger partial charge in [-0.2, -0.15) is 4.98 Å². The number of hydrogen-bond donors (Lipinski definition) is 3. The minimum atomic E-state index is -1.59. The van der Waals surface area contributed by atoms with Crippen molar-refractivity contribution >= 4 is 11.9 Å². The Morgan fingerprint density at radius 1 is 1.06 bits per heavy atom. The summed E-state index contributed by atoms with van der Waals surface area (Å²) in [6.45, 7) is 3.37. The Morgan fingerprint density at radius 3 is 2.25 bits per heavy atom. The van der Waals surface area contributed by atoms with Crippen LogP contribution in [0.15, 0.2) is 72.8 Å². The Bertz CT molecular complexity index is 1430. The highest BCUT2D eigenvalue weighted by Gasteiger charge is 2.55. The second-order valence-corrected chi connectivity index (χ2v) is 9.65. The number of para-hydroxylation sites is 1. The highest BCUT2D eigenvalue weighted by molar-refractivity contribution is 5.93. The first-order valence-corrected chi connectivity index (χ1v) is 11.6. The summed E-state index contributed by atoms with van der Waals surface area (Å²) in [5.74, 6) is -0.120. The average molecular weight is 484 g/mol. The van der Waals surface area contributed by atoms with E-state index in [-0.39, 0.29) is 28.9 Å². The molecule has 9 heteroatoms. The molecule has 3 N–H and O–H groups in total. The number of rotatable bonds is 6. The number of nitrogens with zero attached hydrogens (tertiary/aromatic N) is 3. The molecule has 0 atom stereocenters. The van der Waals surface area contributed by atoms with E-state index in [1.54, 1.807) is 56.3 Å². The molecule has 0 spiro atoms. The lowest BCUT2D eigenvalue weighted by molar-refractivity contribution is -0.570. The fourth-order valence-electron chi connectivity index (χ4n) is 5.06. The number of nitro groups is 1. The molecule has 0 fully saturated rings. The average Bonchev–Trinajstić information content (AvgIpc) is 3.32. The van der Waals surface area contributed by atoms with Crippen molar-refractivity contribution in [1.82, 2.24) is 15.2 Å². The summed E-state index contributed by atoms with van der Waals surface area (Å²) in [7, 11) is 0. The number of aromatic nitrogens is 3. The second-order valence-electron chi connectivity index (χ2n) is 9.65. The lowest BCUT2D eigenvalue weighted by Crippen LogP contribution is -2.47. The molecule has 9 nitrogen and oxygen atoms in total. The number of carbonyl (C=O) groups is 1. The van der Waals surface area contributed by atoms with E-state index < -0.39 is 16.9 Å². The molecule has 0 bridgehead atoms. The number of phenolic OH excluding ortho intramolecular Hbond substituents is 1. The molecule has 1 aromatic heterocycles. The summed E-state index contributed by atoms with van der Waals surface area (Å²) in [6.07, 6.45) is 0.532. The Morgan fingerprint density at radius 2 is 1.64 bits per heavy atom. The van der Waals surface area contributed by atoms with Crippen molar-refractivity contribution in [3.8, 4) is 17.1 Å². The van der Waals surface area contributed by atoms with Crippen LogP contribution in [0.1, 0.15) is 42.5 Å². The first-order valence-electron chi connectivity index (χ1n) is 11.6. The summed E-state index contributed by atoms with van der Waals surface area (Å²) >= 11 is 0. The molecule has 3 aromatic carbocycles.